The van der Waals surface area contributed by atoms with Crippen LogP contribution in [0.5, 0.6) is 0 Å². The van der Waals surface area contributed by atoms with E-state index in [1.165, 1.54) is 25.7 Å². The molecule has 2 rings (SSSR count). The number of rotatable bonds is 5. The Morgan fingerprint density at radius 3 is 2.88 bits per heavy atom. The molecule has 1 atom stereocenters. The van der Waals surface area contributed by atoms with Crippen LogP contribution in [0.25, 0.3) is 0 Å². The molecule has 1 aliphatic carbocycles. The zero-order valence-corrected chi connectivity index (χ0v) is 11.5. The second kappa shape index (κ2) is 6.10. The molecule has 0 bridgehead atoms. The summed E-state index contributed by atoms with van der Waals surface area (Å²) in [4.78, 5) is 0. The highest BCUT2D eigenvalue weighted by molar-refractivity contribution is 9.10. The van der Waals surface area contributed by atoms with Gasteiger partial charge < -0.3 is 4.42 Å². The van der Waals surface area contributed by atoms with Gasteiger partial charge >= 0.3 is 0 Å². The fourth-order valence-electron chi connectivity index (χ4n) is 2.04. The Morgan fingerprint density at radius 2 is 2.31 bits per heavy atom. The standard InChI is InChI=1S/C11H17BrN2OS/c12-9-5-6-15-11(9)10(14-13)7-16-8-3-1-2-4-8/h5-6,8,10,14H,1-4,7,13H2. The van der Waals surface area contributed by atoms with Crippen LogP contribution in [0.1, 0.15) is 37.5 Å². The normalized spacial score (nSPS) is 19.1. The highest BCUT2D eigenvalue weighted by atomic mass is 79.9. The summed E-state index contributed by atoms with van der Waals surface area (Å²) in [7, 11) is 0. The molecule has 3 nitrogen and oxygen atoms in total. The summed E-state index contributed by atoms with van der Waals surface area (Å²) in [6.07, 6.45) is 7.14. The molecule has 1 heterocycles. The Bertz CT molecular complexity index is 326. The average molecular weight is 305 g/mol. The molecule has 0 amide bonds. The molecule has 0 radical (unpaired) electrons. The molecule has 0 aromatic carbocycles. The maximum Gasteiger partial charge on any atom is 0.137 e. The summed E-state index contributed by atoms with van der Waals surface area (Å²) in [6, 6.07) is 2.00. The molecule has 5 heteroatoms. The summed E-state index contributed by atoms with van der Waals surface area (Å²) >= 11 is 5.46. The van der Waals surface area contributed by atoms with Gasteiger partial charge in [-0.05, 0) is 34.8 Å². The second-order valence-corrected chi connectivity index (χ2v) is 6.28. The fraction of sp³-hybridized carbons (Fsp3) is 0.636. The van der Waals surface area contributed by atoms with Crippen LogP contribution in [0.3, 0.4) is 0 Å². The predicted octanol–water partition coefficient (Wildman–Crippen LogP) is 3.22. The van der Waals surface area contributed by atoms with E-state index in [2.05, 4.69) is 21.4 Å². The second-order valence-electron chi connectivity index (χ2n) is 4.09. The highest BCUT2D eigenvalue weighted by Gasteiger charge is 2.21. The lowest BCUT2D eigenvalue weighted by atomic mass is 10.3. The van der Waals surface area contributed by atoms with Crippen molar-refractivity contribution < 1.29 is 4.42 Å². The topological polar surface area (TPSA) is 51.2 Å². The number of furan rings is 1. The van der Waals surface area contributed by atoms with Crippen LogP contribution in [-0.2, 0) is 0 Å². The predicted molar refractivity (Wildman–Crippen MR) is 71.2 cm³/mol. The van der Waals surface area contributed by atoms with Crippen LogP contribution in [0, 0.1) is 0 Å². The van der Waals surface area contributed by atoms with Crippen LogP contribution in [0.15, 0.2) is 21.2 Å². The van der Waals surface area contributed by atoms with Gasteiger partial charge in [-0.25, -0.2) is 5.43 Å². The van der Waals surface area contributed by atoms with Gasteiger partial charge in [0.25, 0.3) is 0 Å². The largest absolute Gasteiger partial charge is 0.466 e. The van der Waals surface area contributed by atoms with Crippen molar-refractivity contribution in [3.05, 3.63) is 22.6 Å². The van der Waals surface area contributed by atoms with Crippen LogP contribution in [0.2, 0.25) is 0 Å². The first-order valence-corrected chi connectivity index (χ1v) is 7.46. The van der Waals surface area contributed by atoms with Gasteiger partial charge in [-0.2, -0.15) is 11.8 Å². The number of hydrazine groups is 1. The molecule has 1 saturated carbocycles. The third-order valence-corrected chi connectivity index (χ3v) is 5.09. The van der Waals surface area contributed by atoms with E-state index < -0.39 is 0 Å². The van der Waals surface area contributed by atoms with E-state index in [1.54, 1.807) is 6.26 Å². The summed E-state index contributed by atoms with van der Waals surface area (Å²) in [6.45, 7) is 0. The minimum absolute atomic E-state index is 0.0926. The van der Waals surface area contributed by atoms with Gasteiger partial charge in [0.15, 0.2) is 0 Å². The fourth-order valence-corrected chi connectivity index (χ4v) is 3.90. The minimum atomic E-state index is 0.0926. The Kier molecular flexibility index (Phi) is 4.76. The molecule has 0 aliphatic heterocycles. The number of nitrogens with one attached hydrogen (secondary N) is 1. The maximum atomic E-state index is 5.57. The first kappa shape index (κ1) is 12.5. The van der Waals surface area contributed by atoms with Gasteiger partial charge in [0.2, 0.25) is 0 Å². The molecule has 0 saturated heterocycles. The van der Waals surface area contributed by atoms with Crippen LogP contribution < -0.4 is 11.3 Å². The zero-order chi connectivity index (χ0) is 11.4. The van der Waals surface area contributed by atoms with Crippen molar-refractivity contribution in [1.82, 2.24) is 5.43 Å². The monoisotopic (exact) mass is 304 g/mol. The summed E-state index contributed by atoms with van der Waals surface area (Å²) in [5, 5.41) is 0.810. The number of thioether (sulfide) groups is 1. The lowest BCUT2D eigenvalue weighted by Crippen LogP contribution is -2.30. The Balaban J connectivity index is 1.88. The first-order valence-electron chi connectivity index (χ1n) is 5.62. The highest BCUT2D eigenvalue weighted by Crippen LogP contribution is 2.33. The molecular weight excluding hydrogens is 288 g/mol. The van der Waals surface area contributed by atoms with Crippen LogP contribution in [0.4, 0.5) is 0 Å². The third kappa shape index (κ3) is 3.03. The molecule has 0 spiro atoms. The van der Waals surface area contributed by atoms with E-state index in [0.717, 1.165) is 21.2 Å². The van der Waals surface area contributed by atoms with Gasteiger partial charge in [-0.3, -0.25) is 5.84 Å². The van der Waals surface area contributed by atoms with Crippen molar-refractivity contribution in [2.75, 3.05) is 5.75 Å². The minimum Gasteiger partial charge on any atom is -0.466 e. The van der Waals surface area contributed by atoms with E-state index in [1.807, 2.05) is 17.8 Å². The Labute approximate surface area is 109 Å². The van der Waals surface area contributed by atoms with Crippen LogP contribution in [-0.4, -0.2) is 11.0 Å². The van der Waals surface area contributed by atoms with Gasteiger partial charge in [0.1, 0.15) is 5.76 Å². The smallest absolute Gasteiger partial charge is 0.137 e. The summed E-state index contributed by atoms with van der Waals surface area (Å²) in [5.41, 5.74) is 2.82. The molecule has 1 unspecified atom stereocenters. The molecule has 1 aromatic heterocycles. The number of hydrogen-bond donors (Lipinski definition) is 2. The van der Waals surface area contributed by atoms with E-state index in [4.69, 9.17) is 10.3 Å². The van der Waals surface area contributed by atoms with Gasteiger partial charge in [-0.15, -0.1) is 0 Å². The molecule has 3 N–H and O–H groups in total. The van der Waals surface area contributed by atoms with Gasteiger partial charge in [0.05, 0.1) is 16.8 Å². The van der Waals surface area contributed by atoms with Crippen molar-refractivity contribution in [3.63, 3.8) is 0 Å². The lowest BCUT2D eigenvalue weighted by molar-refractivity contribution is 0.438. The van der Waals surface area contributed by atoms with E-state index in [-0.39, 0.29) is 6.04 Å². The number of halogens is 1. The molecule has 1 fully saturated rings. The summed E-state index contributed by atoms with van der Waals surface area (Å²) in [5.74, 6) is 7.44. The van der Waals surface area contributed by atoms with Crippen molar-refractivity contribution >= 4 is 27.7 Å². The molecule has 90 valence electrons. The molecule has 16 heavy (non-hydrogen) atoms. The first-order chi connectivity index (χ1) is 7.81. The average Bonchev–Trinajstić information content (AvgIpc) is 2.92. The van der Waals surface area contributed by atoms with Crippen molar-refractivity contribution in [3.8, 4) is 0 Å². The van der Waals surface area contributed by atoms with Gasteiger partial charge in [-0.1, -0.05) is 12.8 Å². The van der Waals surface area contributed by atoms with Gasteiger partial charge in [0, 0.05) is 11.0 Å². The number of nitrogens with two attached hydrogens (primary N) is 1. The zero-order valence-electron chi connectivity index (χ0n) is 9.12. The Morgan fingerprint density at radius 1 is 1.56 bits per heavy atom. The number of hydrogen-bond acceptors (Lipinski definition) is 4. The SMILES string of the molecule is NNC(CSC1CCCC1)c1occc1Br. The van der Waals surface area contributed by atoms with E-state index in [0.29, 0.717) is 0 Å². The van der Waals surface area contributed by atoms with Crippen LogP contribution >= 0.6 is 27.7 Å². The summed E-state index contributed by atoms with van der Waals surface area (Å²) < 4.78 is 6.42. The van der Waals surface area contributed by atoms with E-state index in [9.17, 15) is 0 Å². The van der Waals surface area contributed by atoms with E-state index >= 15 is 0 Å². The molecule has 1 aliphatic rings. The molecule has 1 aromatic rings. The quantitative estimate of drug-likeness (QED) is 0.648. The Hall–Kier alpha value is 0.0300. The third-order valence-electron chi connectivity index (χ3n) is 2.96. The van der Waals surface area contributed by atoms with Crippen molar-refractivity contribution in [1.29, 1.82) is 0 Å². The van der Waals surface area contributed by atoms with Crippen molar-refractivity contribution in [2.24, 2.45) is 5.84 Å². The molecular formula is C11H17BrN2OS. The van der Waals surface area contributed by atoms with Crippen molar-refractivity contribution in [2.45, 2.75) is 37.0 Å². The lowest BCUT2D eigenvalue weighted by Gasteiger charge is -2.16. The maximum absolute atomic E-state index is 5.57.